The van der Waals surface area contributed by atoms with Crippen molar-refractivity contribution >= 4 is 27.7 Å². The van der Waals surface area contributed by atoms with Crippen molar-refractivity contribution in [3.05, 3.63) is 52.8 Å². The predicted molar refractivity (Wildman–Crippen MR) is 128 cm³/mol. The van der Waals surface area contributed by atoms with Crippen LogP contribution in [0.4, 0.5) is 0 Å². The number of sulfonamides is 1. The summed E-state index contributed by atoms with van der Waals surface area (Å²) in [6, 6.07) is 7.26. The third kappa shape index (κ3) is 6.32. The van der Waals surface area contributed by atoms with Gasteiger partial charge in [0.25, 0.3) is 5.91 Å². The minimum atomic E-state index is -3.62. The third-order valence-corrected chi connectivity index (χ3v) is 7.60. The lowest BCUT2D eigenvalue weighted by Gasteiger charge is -2.18. The summed E-state index contributed by atoms with van der Waals surface area (Å²) in [6.45, 7) is 10.00. The molecule has 0 aliphatic heterocycles. The first-order chi connectivity index (χ1) is 16.1. The molecule has 0 radical (unpaired) electrons. The highest BCUT2D eigenvalue weighted by Crippen LogP contribution is 2.17. The molecule has 2 rings (SSSR count). The van der Waals surface area contributed by atoms with E-state index in [0.717, 1.165) is 24.4 Å². The fourth-order valence-electron chi connectivity index (χ4n) is 3.67. The van der Waals surface area contributed by atoms with E-state index >= 15 is 0 Å². The lowest BCUT2D eigenvalue weighted by atomic mass is 10.1. The number of carbonyl (C=O) groups excluding carboxylic acids is 3. The summed E-state index contributed by atoms with van der Waals surface area (Å²) >= 11 is 0. The minimum Gasteiger partial charge on any atom is -0.456 e. The summed E-state index contributed by atoms with van der Waals surface area (Å²) < 4.78 is 33.5. The molecule has 9 nitrogen and oxygen atoms in total. The van der Waals surface area contributed by atoms with Gasteiger partial charge >= 0.3 is 5.97 Å². The molecule has 1 aromatic heterocycles. The number of benzene rings is 1. The largest absolute Gasteiger partial charge is 0.456 e. The number of Topliss-reactive ketones (excluding diaryl/α,β-unsaturated/α-hetero) is 1. The number of esters is 1. The van der Waals surface area contributed by atoms with Gasteiger partial charge in [-0.15, -0.1) is 0 Å². The zero-order chi connectivity index (χ0) is 25.5. The van der Waals surface area contributed by atoms with Crippen LogP contribution in [0.1, 0.15) is 59.3 Å². The fraction of sp³-hybridized carbons (Fsp3) is 0.458. The van der Waals surface area contributed by atoms with Crippen molar-refractivity contribution < 1.29 is 27.5 Å². The quantitative estimate of drug-likeness (QED) is 0.361. The lowest BCUT2D eigenvalue weighted by Crippen LogP contribution is -2.32. The second kappa shape index (κ2) is 11.9. The van der Waals surface area contributed by atoms with Gasteiger partial charge < -0.3 is 14.6 Å². The van der Waals surface area contributed by atoms with Crippen molar-refractivity contribution in [3.63, 3.8) is 0 Å². The van der Waals surface area contributed by atoms with Crippen molar-refractivity contribution in [1.82, 2.24) is 14.2 Å². The van der Waals surface area contributed by atoms with E-state index in [9.17, 15) is 22.8 Å². The Kier molecular flexibility index (Phi) is 9.57. The first-order valence-electron chi connectivity index (χ1n) is 11.3. The molecule has 0 fully saturated rings. The molecule has 0 atom stereocenters. The van der Waals surface area contributed by atoms with E-state index in [1.54, 1.807) is 19.9 Å². The Balaban J connectivity index is 1.90. The zero-order valence-corrected chi connectivity index (χ0v) is 21.2. The van der Waals surface area contributed by atoms with Crippen LogP contribution in [0.5, 0.6) is 0 Å². The molecule has 1 aromatic carbocycles. The van der Waals surface area contributed by atoms with E-state index in [-0.39, 0.29) is 16.2 Å². The van der Waals surface area contributed by atoms with Gasteiger partial charge in [0.15, 0.2) is 6.61 Å². The highest BCUT2D eigenvalue weighted by atomic mass is 32.2. The van der Waals surface area contributed by atoms with Gasteiger partial charge in [0.2, 0.25) is 15.8 Å². The molecule has 34 heavy (non-hydrogen) atoms. The Morgan fingerprint density at radius 1 is 1.03 bits per heavy atom. The maximum Gasteiger partial charge on any atom is 0.325 e. The van der Waals surface area contributed by atoms with Crippen LogP contribution in [0.25, 0.3) is 0 Å². The summed E-state index contributed by atoms with van der Waals surface area (Å²) in [4.78, 5) is 36.9. The van der Waals surface area contributed by atoms with E-state index in [1.165, 1.54) is 28.6 Å². The van der Waals surface area contributed by atoms with Gasteiger partial charge in [0, 0.05) is 42.1 Å². The van der Waals surface area contributed by atoms with E-state index in [4.69, 9.17) is 4.74 Å². The van der Waals surface area contributed by atoms with Crippen LogP contribution in [0.2, 0.25) is 0 Å². The Labute approximate surface area is 201 Å². The van der Waals surface area contributed by atoms with Crippen LogP contribution in [-0.2, 0) is 26.1 Å². The van der Waals surface area contributed by atoms with Crippen LogP contribution in [0.15, 0.2) is 35.2 Å². The second-order valence-corrected chi connectivity index (χ2v) is 9.75. The fourth-order valence-corrected chi connectivity index (χ4v) is 5.13. The van der Waals surface area contributed by atoms with Crippen molar-refractivity contribution in [2.75, 3.05) is 26.2 Å². The molecular weight excluding hydrogens is 458 g/mol. The number of nitrogens with zero attached hydrogens (tertiary/aromatic N) is 2. The van der Waals surface area contributed by atoms with Crippen LogP contribution in [0.3, 0.4) is 0 Å². The number of aromatic nitrogens is 1. The van der Waals surface area contributed by atoms with E-state index in [2.05, 4.69) is 12.2 Å². The Morgan fingerprint density at radius 3 is 2.21 bits per heavy atom. The van der Waals surface area contributed by atoms with E-state index < -0.39 is 35.1 Å². The number of hydrogen-bond acceptors (Lipinski definition) is 6. The van der Waals surface area contributed by atoms with Crippen LogP contribution < -0.4 is 5.32 Å². The summed E-state index contributed by atoms with van der Waals surface area (Å²) in [7, 11) is -3.62. The maximum atomic E-state index is 12.5. The number of amides is 1. The Hall–Kier alpha value is -2.98. The highest BCUT2D eigenvalue weighted by Gasteiger charge is 2.22. The van der Waals surface area contributed by atoms with Gasteiger partial charge in [-0.05, 0) is 50.6 Å². The number of hydrogen-bond donors (Lipinski definition) is 1. The Morgan fingerprint density at radius 2 is 1.65 bits per heavy atom. The monoisotopic (exact) mass is 491 g/mol. The number of nitrogens with one attached hydrogen (secondary N) is 1. The first-order valence-corrected chi connectivity index (χ1v) is 12.7. The molecule has 10 heteroatoms. The maximum absolute atomic E-state index is 12.5. The molecule has 0 unspecified atom stereocenters. The Bertz CT molecular complexity index is 1130. The molecule has 0 aliphatic carbocycles. The molecule has 1 heterocycles. The summed E-state index contributed by atoms with van der Waals surface area (Å²) in [5.41, 5.74) is 2.52. The first kappa shape index (κ1) is 27.3. The summed E-state index contributed by atoms with van der Waals surface area (Å²) in [5.74, 6) is -1.61. The van der Waals surface area contributed by atoms with E-state index in [1.807, 2.05) is 18.4 Å². The molecule has 0 aliphatic rings. The molecule has 0 saturated carbocycles. The number of aryl methyl sites for hydroxylation is 1. The average molecular weight is 492 g/mol. The molecule has 186 valence electrons. The predicted octanol–water partition coefficient (Wildman–Crippen LogP) is 2.70. The van der Waals surface area contributed by atoms with Gasteiger partial charge in [0.05, 0.1) is 4.90 Å². The molecule has 0 spiro atoms. The number of ketones is 1. The summed E-state index contributed by atoms with van der Waals surface area (Å²) in [5, 5.41) is 2.42. The summed E-state index contributed by atoms with van der Waals surface area (Å²) in [6.07, 6.45) is 0.938. The molecular formula is C24H33N3O6S. The van der Waals surface area contributed by atoms with Gasteiger partial charge in [-0.25, -0.2) is 8.42 Å². The average Bonchev–Trinajstić information content (AvgIpc) is 3.10. The van der Waals surface area contributed by atoms with Gasteiger partial charge in [-0.1, -0.05) is 20.8 Å². The van der Waals surface area contributed by atoms with Crippen molar-refractivity contribution in [2.45, 2.75) is 52.5 Å². The zero-order valence-electron chi connectivity index (χ0n) is 20.4. The van der Waals surface area contributed by atoms with Crippen LogP contribution in [0, 0.1) is 13.8 Å². The molecule has 1 amide bonds. The molecule has 2 aromatic rings. The standard InChI is InChI=1S/C24H33N3O6S/c1-6-13-27-17(4)14-21(18(27)5)22(28)16-33-23(29)15-25-24(30)19-9-11-20(12-10-19)34(31,32)26(7-2)8-3/h9-12,14H,6-8,13,15-16H2,1-5H3,(H,25,30). The van der Waals surface area contributed by atoms with Crippen LogP contribution >= 0.6 is 0 Å². The highest BCUT2D eigenvalue weighted by molar-refractivity contribution is 7.89. The van der Waals surface area contributed by atoms with Crippen LogP contribution in [-0.4, -0.2) is 61.2 Å². The number of rotatable bonds is 12. The van der Waals surface area contributed by atoms with Gasteiger partial charge in [0.1, 0.15) is 6.54 Å². The normalized spacial score (nSPS) is 11.5. The molecule has 0 saturated heterocycles. The number of carbonyl (C=O) groups is 3. The number of ether oxygens (including phenoxy) is 1. The molecule has 1 N–H and O–H groups in total. The smallest absolute Gasteiger partial charge is 0.325 e. The minimum absolute atomic E-state index is 0.0870. The van der Waals surface area contributed by atoms with Crippen molar-refractivity contribution in [2.24, 2.45) is 0 Å². The molecule has 0 bridgehead atoms. The topological polar surface area (TPSA) is 115 Å². The van der Waals surface area contributed by atoms with Gasteiger partial charge in [-0.3, -0.25) is 14.4 Å². The van der Waals surface area contributed by atoms with Crippen molar-refractivity contribution in [1.29, 1.82) is 0 Å². The SMILES string of the molecule is CCCn1c(C)cc(C(=O)COC(=O)CNC(=O)c2ccc(S(=O)(=O)N(CC)CC)cc2)c1C. The lowest BCUT2D eigenvalue weighted by molar-refractivity contribution is -0.141. The second-order valence-electron chi connectivity index (χ2n) is 7.82. The van der Waals surface area contributed by atoms with E-state index in [0.29, 0.717) is 18.7 Å². The van der Waals surface area contributed by atoms with Crippen molar-refractivity contribution in [3.8, 4) is 0 Å². The van der Waals surface area contributed by atoms with Gasteiger partial charge in [-0.2, -0.15) is 4.31 Å². The third-order valence-electron chi connectivity index (χ3n) is 5.54.